The van der Waals surface area contributed by atoms with Gasteiger partial charge in [0.05, 0.1) is 24.0 Å². The van der Waals surface area contributed by atoms with Crippen molar-refractivity contribution in [3.8, 4) is 28.7 Å². The predicted molar refractivity (Wildman–Crippen MR) is 123 cm³/mol. The van der Waals surface area contributed by atoms with Gasteiger partial charge in [-0.05, 0) is 42.3 Å². The number of allylic oxidation sites excluding steroid dienone is 1. The van der Waals surface area contributed by atoms with Gasteiger partial charge in [0, 0.05) is 17.3 Å². The van der Waals surface area contributed by atoms with E-state index in [1.165, 1.54) is 13.3 Å². The highest BCUT2D eigenvalue weighted by Gasteiger charge is 2.35. The molecule has 2 N–H and O–H groups in total. The average Bonchev–Trinajstić information content (AvgIpc) is 2.85. The molecular weight excluding hydrogens is 437 g/mol. The van der Waals surface area contributed by atoms with Gasteiger partial charge in [-0.3, -0.25) is 0 Å². The number of nitrogens with two attached hydrogens (primary N) is 1. The summed E-state index contributed by atoms with van der Waals surface area (Å²) in [6.45, 7) is 1.64. The normalized spacial score (nSPS) is 14.9. The molecule has 0 amide bonds. The lowest BCUT2D eigenvalue weighted by atomic mass is 9.83. The molecule has 5 rings (SSSR count). The number of benzene rings is 2. The lowest BCUT2D eigenvalue weighted by molar-refractivity contribution is 0.386. The first-order chi connectivity index (χ1) is 16.4. The molecular formula is C26H18FN3O4. The SMILES string of the molecule is COc1ccc2oc(=O)c3c(c2c1)OC(N)=C(C#N)C3c1ccc(-c2cnc(F)c(C)c2)cc1. The van der Waals surface area contributed by atoms with E-state index in [9.17, 15) is 14.4 Å². The molecule has 8 heteroatoms. The Morgan fingerprint density at radius 1 is 1.15 bits per heavy atom. The molecule has 0 aliphatic carbocycles. The summed E-state index contributed by atoms with van der Waals surface area (Å²) in [5.74, 6) is -0.618. The van der Waals surface area contributed by atoms with Gasteiger partial charge >= 0.3 is 5.63 Å². The van der Waals surface area contributed by atoms with Crippen molar-refractivity contribution in [3.05, 3.63) is 99.2 Å². The molecule has 168 valence electrons. The number of nitrogens with zero attached hydrogens (tertiary/aromatic N) is 2. The molecule has 1 aliphatic rings. The maximum Gasteiger partial charge on any atom is 0.344 e. The molecule has 4 aromatic rings. The zero-order valence-corrected chi connectivity index (χ0v) is 18.3. The van der Waals surface area contributed by atoms with Crippen molar-refractivity contribution in [2.24, 2.45) is 5.73 Å². The highest BCUT2D eigenvalue weighted by atomic mass is 19.1. The van der Waals surface area contributed by atoms with Gasteiger partial charge in [-0.25, -0.2) is 9.78 Å². The summed E-state index contributed by atoms with van der Waals surface area (Å²) in [7, 11) is 1.53. The Hall–Kier alpha value is -4.64. The van der Waals surface area contributed by atoms with E-state index >= 15 is 0 Å². The minimum atomic E-state index is -0.789. The van der Waals surface area contributed by atoms with Gasteiger partial charge in [-0.1, -0.05) is 24.3 Å². The monoisotopic (exact) mass is 455 g/mol. The van der Waals surface area contributed by atoms with Crippen LogP contribution in [0.4, 0.5) is 4.39 Å². The third-order valence-corrected chi connectivity index (χ3v) is 5.87. The van der Waals surface area contributed by atoms with Crippen molar-refractivity contribution < 1.29 is 18.3 Å². The standard InChI is InChI=1S/C26H18FN3O4/c1-13-9-16(12-30-24(13)27)14-3-5-15(6-4-14)21-19(11-28)25(29)34-23-18-10-17(32-2)7-8-20(18)33-26(31)22(21)23/h3-10,12,21H,29H2,1-2H3. The topological polar surface area (TPSA) is 111 Å². The Morgan fingerprint density at radius 3 is 2.59 bits per heavy atom. The van der Waals surface area contributed by atoms with Crippen molar-refractivity contribution in [1.29, 1.82) is 5.26 Å². The predicted octanol–water partition coefficient (Wildman–Crippen LogP) is 4.53. The Morgan fingerprint density at radius 2 is 1.91 bits per heavy atom. The van der Waals surface area contributed by atoms with E-state index in [0.29, 0.717) is 27.8 Å². The summed E-state index contributed by atoms with van der Waals surface area (Å²) in [5.41, 5.74) is 8.72. The number of fused-ring (bicyclic) bond motifs is 3. The fourth-order valence-corrected chi connectivity index (χ4v) is 4.14. The Balaban J connectivity index is 1.68. The van der Waals surface area contributed by atoms with Gasteiger partial charge in [-0.2, -0.15) is 9.65 Å². The smallest absolute Gasteiger partial charge is 0.344 e. The second-order valence-electron chi connectivity index (χ2n) is 7.87. The van der Waals surface area contributed by atoms with Crippen LogP contribution < -0.4 is 20.8 Å². The fourth-order valence-electron chi connectivity index (χ4n) is 4.14. The number of halogens is 1. The molecule has 0 bridgehead atoms. The Kier molecular flexibility index (Phi) is 5.02. The highest BCUT2D eigenvalue weighted by molar-refractivity contribution is 5.87. The number of ether oxygens (including phenoxy) is 2. The van der Waals surface area contributed by atoms with Crippen LogP contribution in [-0.4, -0.2) is 12.1 Å². The number of aryl methyl sites for hydroxylation is 1. The molecule has 0 saturated heterocycles. The Labute approximate surface area is 193 Å². The van der Waals surface area contributed by atoms with E-state index in [1.54, 1.807) is 43.3 Å². The van der Waals surface area contributed by atoms with Gasteiger partial charge in [0.1, 0.15) is 23.0 Å². The van der Waals surface area contributed by atoms with Crippen molar-refractivity contribution in [2.75, 3.05) is 7.11 Å². The zero-order valence-electron chi connectivity index (χ0n) is 18.3. The first kappa shape index (κ1) is 21.2. The van der Waals surface area contributed by atoms with E-state index in [2.05, 4.69) is 11.1 Å². The van der Waals surface area contributed by atoms with E-state index < -0.39 is 17.5 Å². The molecule has 34 heavy (non-hydrogen) atoms. The number of hydrogen-bond acceptors (Lipinski definition) is 7. The van der Waals surface area contributed by atoms with Crippen molar-refractivity contribution >= 4 is 11.0 Å². The summed E-state index contributed by atoms with van der Waals surface area (Å²) < 4.78 is 30.2. The lowest BCUT2D eigenvalue weighted by Crippen LogP contribution is -2.26. The largest absolute Gasteiger partial charge is 0.497 e. The van der Waals surface area contributed by atoms with Crippen LogP contribution in [0.15, 0.2) is 75.4 Å². The number of pyridine rings is 1. The van der Waals surface area contributed by atoms with Crippen LogP contribution in [0.1, 0.15) is 22.6 Å². The molecule has 0 radical (unpaired) electrons. The van der Waals surface area contributed by atoms with Gasteiger partial charge < -0.3 is 19.6 Å². The van der Waals surface area contributed by atoms with Crippen molar-refractivity contribution in [1.82, 2.24) is 4.98 Å². The lowest BCUT2D eigenvalue weighted by Gasteiger charge is -2.26. The average molecular weight is 455 g/mol. The molecule has 2 aromatic heterocycles. The van der Waals surface area contributed by atoms with E-state index in [1.807, 2.05) is 12.1 Å². The molecule has 1 aliphatic heterocycles. The molecule has 7 nitrogen and oxygen atoms in total. The molecule has 0 spiro atoms. The van der Waals surface area contributed by atoms with Crippen LogP contribution in [0.2, 0.25) is 0 Å². The quantitative estimate of drug-likeness (QED) is 0.357. The van der Waals surface area contributed by atoms with Crippen LogP contribution in [-0.2, 0) is 0 Å². The number of methoxy groups -OCH3 is 1. The highest BCUT2D eigenvalue weighted by Crippen LogP contribution is 2.44. The van der Waals surface area contributed by atoms with Gasteiger partial charge in [0.2, 0.25) is 11.8 Å². The second-order valence-corrected chi connectivity index (χ2v) is 7.87. The van der Waals surface area contributed by atoms with Crippen LogP contribution in [0.5, 0.6) is 11.5 Å². The molecule has 1 unspecified atom stereocenters. The van der Waals surface area contributed by atoms with Crippen LogP contribution in [0, 0.1) is 24.2 Å². The maximum absolute atomic E-state index is 13.6. The minimum absolute atomic E-state index is 0.0860. The molecule has 1 atom stereocenters. The molecule has 0 saturated carbocycles. The number of nitriles is 1. The zero-order chi connectivity index (χ0) is 24.0. The third-order valence-electron chi connectivity index (χ3n) is 5.87. The van der Waals surface area contributed by atoms with Crippen LogP contribution in [0.3, 0.4) is 0 Å². The number of hydrogen-bond donors (Lipinski definition) is 1. The van der Waals surface area contributed by atoms with E-state index in [-0.39, 0.29) is 22.8 Å². The molecule has 2 aromatic carbocycles. The molecule has 3 heterocycles. The summed E-state index contributed by atoms with van der Waals surface area (Å²) >= 11 is 0. The summed E-state index contributed by atoms with van der Waals surface area (Å²) in [5, 5.41) is 10.3. The van der Waals surface area contributed by atoms with Gasteiger partial charge in [0.25, 0.3) is 0 Å². The number of aromatic nitrogens is 1. The van der Waals surface area contributed by atoms with Crippen LogP contribution >= 0.6 is 0 Å². The summed E-state index contributed by atoms with van der Waals surface area (Å²) in [4.78, 5) is 16.8. The maximum atomic E-state index is 13.6. The van der Waals surface area contributed by atoms with E-state index in [0.717, 1.165) is 11.1 Å². The first-order valence-corrected chi connectivity index (χ1v) is 10.4. The van der Waals surface area contributed by atoms with Gasteiger partial charge in [-0.15, -0.1) is 0 Å². The Bertz CT molecular complexity index is 1580. The van der Waals surface area contributed by atoms with Crippen molar-refractivity contribution in [3.63, 3.8) is 0 Å². The van der Waals surface area contributed by atoms with Crippen molar-refractivity contribution in [2.45, 2.75) is 12.8 Å². The minimum Gasteiger partial charge on any atom is -0.497 e. The third kappa shape index (κ3) is 3.35. The van der Waals surface area contributed by atoms with Crippen LogP contribution in [0.25, 0.3) is 22.1 Å². The second kappa shape index (κ2) is 8.05. The van der Waals surface area contributed by atoms with Gasteiger partial charge in [0.15, 0.2) is 5.75 Å². The van der Waals surface area contributed by atoms with E-state index in [4.69, 9.17) is 19.6 Å². The summed E-state index contributed by atoms with van der Waals surface area (Å²) in [6.07, 6.45) is 1.45. The molecule has 0 fully saturated rings. The number of rotatable bonds is 3. The first-order valence-electron chi connectivity index (χ1n) is 10.4. The fraction of sp³-hybridized carbons (Fsp3) is 0.115. The summed E-state index contributed by atoms with van der Waals surface area (Å²) in [6, 6.07) is 15.9.